The van der Waals surface area contributed by atoms with Crippen LogP contribution in [0.5, 0.6) is 0 Å². The van der Waals surface area contributed by atoms with Crippen LogP contribution in [-0.2, 0) is 9.31 Å². The predicted molar refractivity (Wildman–Crippen MR) is 374 cm³/mol. The molecular weight excluding hydrogens is 1070 g/mol. The first kappa shape index (κ1) is 55.4. The summed E-state index contributed by atoms with van der Waals surface area (Å²) in [7, 11) is -0.346. The Kier molecular flexibility index (Phi) is 14.9. The van der Waals surface area contributed by atoms with Crippen molar-refractivity contribution in [1.82, 2.24) is 0 Å². The molecule has 15 rings (SSSR count). The highest BCUT2D eigenvalue weighted by atomic mass is 16.7. The first-order valence-corrected chi connectivity index (χ1v) is 30.3. The van der Waals surface area contributed by atoms with Crippen molar-refractivity contribution >= 4 is 107 Å². The lowest BCUT2D eigenvalue weighted by atomic mass is 9.79. The number of hydrogen-bond donors (Lipinski definition) is 0. The van der Waals surface area contributed by atoms with Crippen LogP contribution in [0.1, 0.15) is 27.7 Å². The second-order valence-corrected chi connectivity index (χ2v) is 23.4. The monoisotopic (exact) mass is 1140 g/mol. The third kappa shape index (κ3) is 10.5. The molecule has 1 saturated heterocycles. The maximum absolute atomic E-state index is 6.18. The van der Waals surface area contributed by atoms with E-state index in [-0.39, 0.29) is 18.3 Å². The molecule has 0 aliphatic carbocycles. The molecule has 0 radical (unpaired) electrons. The summed E-state index contributed by atoms with van der Waals surface area (Å²) in [6, 6.07) is 117. The van der Waals surface area contributed by atoms with Gasteiger partial charge in [-0.05, 0) is 208 Å². The number of fused-ring (bicyclic) bond motifs is 7. The molecule has 0 amide bonds. The van der Waals surface area contributed by atoms with E-state index in [0.717, 1.165) is 56.6 Å². The van der Waals surface area contributed by atoms with E-state index in [1.807, 2.05) is 12.1 Å². The molecule has 424 valence electrons. The van der Waals surface area contributed by atoms with Crippen molar-refractivity contribution in [2.45, 2.75) is 38.9 Å². The van der Waals surface area contributed by atoms with Gasteiger partial charge in [-0.1, -0.05) is 218 Å². The minimum absolute atomic E-state index is 0.337. The average Bonchev–Trinajstić information content (AvgIpc) is 0.873. The molecule has 0 spiro atoms. The predicted octanol–water partition coefficient (Wildman–Crippen LogP) is 22.0. The Hall–Kier alpha value is -10.5. The maximum atomic E-state index is 6.18. The van der Waals surface area contributed by atoms with Crippen LogP contribution in [0.4, 0.5) is 51.2 Å². The standard InChI is InChI=1S/C58H40N2.C24H26BNO2/c1-5-19-43(20-6-1)59(44-21-7-2-8-22-44)47-37-33-41(34-38-47)55-53-31-17-18-32-54(53)56(58-52-30-16-14-28-50(52)49-27-13-15-29-51(49)57(55)58)42-35-39-48(40-36-42)60(45-23-9-3-10-24-45)46-25-11-4-12-26-46;1-23(2)24(3,4)28-25(27-23)19-15-17-22(18-16-19)26(20-11-7-5-8-12-20)21-13-9-6-10-14-21/h1-40H;5-18H,1-4H3. The van der Waals surface area contributed by atoms with Gasteiger partial charge in [0.1, 0.15) is 0 Å². The smallest absolute Gasteiger partial charge is 0.399 e. The van der Waals surface area contributed by atoms with Gasteiger partial charge in [0, 0.05) is 51.2 Å². The van der Waals surface area contributed by atoms with Gasteiger partial charge in [-0.3, -0.25) is 0 Å². The van der Waals surface area contributed by atoms with Gasteiger partial charge in [0.25, 0.3) is 0 Å². The van der Waals surface area contributed by atoms with Crippen LogP contribution in [0.2, 0.25) is 0 Å². The fourth-order valence-electron chi connectivity index (χ4n) is 12.6. The average molecular weight is 1140 g/mol. The van der Waals surface area contributed by atoms with E-state index < -0.39 is 0 Å². The van der Waals surface area contributed by atoms with Crippen LogP contribution in [0.3, 0.4) is 0 Å². The molecule has 5 nitrogen and oxygen atoms in total. The van der Waals surface area contributed by atoms with Crippen molar-refractivity contribution in [2.24, 2.45) is 0 Å². The topological polar surface area (TPSA) is 28.2 Å². The van der Waals surface area contributed by atoms with Crippen molar-refractivity contribution in [3.05, 3.63) is 328 Å². The summed E-state index contributed by atoms with van der Waals surface area (Å²) in [6.07, 6.45) is 0. The summed E-state index contributed by atoms with van der Waals surface area (Å²) in [5, 5.41) is 10.0. The van der Waals surface area contributed by atoms with E-state index in [1.54, 1.807) is 0 Å². The molecule has 0 bridgehead atoms. The molecule has 0 N–H and O–H groups in total. The molecule has 1 fully saturated rings. The highest BCUT2D eigenvalue weighted by molar-refractivity contribution is 6.62. The maximum Gasteiger partial charge on any atom is 0.494 e. The quantitative estimate of drug-likeness (QED) is 0.0691. The molecule has 0 unspecified atom stereocenters. The number of hydrogen-bond acceptors (Lipinski definition) is 5. The van der Waals surface area contributed by atoms with E-state index in [4.69, 9.17) is 9.31 Å². The van der Waals surface area contributed by atoms with Crippen LogP contribution >= 0.6 is 0 Å². The molecule has 14 aromatic rings. The molecule has 0 atom stereocenters. The van der Waals surface area contributed by atoms with Crippen LogP contribution in [0, 0.1) is 0 Å². The van der Waals surface area contributed by atoms with Crippen LogP contribution in [0.25, 0.3) is 65.3 Å². The molecule has 88 heavy (non-hydrogen) atoms. The highest BCUT2D eigenvalue weighted by Gasteiger charge is 2.51. The second-order valence-electron chi connectivity index (χ2n) is 23.4. The Labute approximate surface area is 516 Å². The SMILES string of the molecule is CC1(C)OB(c2ccc(N(c3ccccc3)c3ccccc3)cc2)OC1(C)C.c1ccc(N(c2ccccc2)c2ccc(-c3c4ccccc4c(-c4ccc(N(c5ccccc5)c5ccccc5)cc4)c4c5ccccc5c5ccccc5c34)cc2)cc1. The van der Waals surface area contributed by atoms with Crippen molar-refractivity contribution in [1.29, 1.82) is 0 Å². The zero-order chi connectivity index (χ0) is 59.6. The Bertz CT molecular complexity index is 4350. The van der Waals surface area contributed by atoms with Crippen molar-refractivity contribution in [2.75, 3.05) is 14.7 Å². The molecule has 1 heterocycles. The molecule has 0 saturated carbocycles. The van der Waals surface area contributed by atoms with Crippen molar-refractivity contribution < 1.29 is 9.31 Å². The van der Waals surface area contributed by atoms with E-state index in [2.05, 4.69) is 358 Å². The zero-order valence-electron chi connectivity index (χ0n) is 49.9. The second kappa shape index (κ2) is 23.8. The molecule has 1 aliphatic heterocycles. The molecule has 6 heteroatoms. The summed E-state index contributed by atoms with van der Waals surface area (Å²) in [4.78, 5) is 6.90. The fourth-order valence-corrected chi connectivity index (χ4v) is 12.6. The number of para-hydroxylation sites is 6. The largest absolute Gasteiger partial charge is 0.494 e. The summed E-state index contributed by atoms with van der Waals surface area (Å²) in [6.45, 7) is 8.31. The molecule has 0 aromatic heterocycles. The van der Waals surface area contributed by atoms with Crippen molar-refractivity contribution in [3.63, 3.8) is 0 Å². The van der Waals surface area contributed by atoms with Crippen LogP contribution < -0.4 is 20.2 Å². The van der Waals surface area contributed by atoms with E-state index in [1.165, 1.54) is 65.3 Å². The first-order valence-electron chi connectivity index (χ1n) is 30.3. The van der Waals surface area contributed by atoms with E-state index in [9.17, 15) is 0 Å². The van der Waals surface area contributed by atoms with Crippen molar-refractivity contribution in [3.8, 4) is 22.3 Å². The normalized spacial score (nSPS) is 13.3. The molecule has 14 aromatic carbocycles. The summed E-state index contributed by atoms with van der Waals surface area (Å²) < 4.78 is 12.4. The lowest BCUT2D eigenvalue weighted by molar-refractivity contribution is 0.00578. The van der Waals surface area contributed by atoms with Gasteiger partial charge >= 0.3 is 7.12 Å². The van der Waals surface area contributed by atoms with Gasteiger partial charge < -0.3 is 24.0 Å². The van der Waals surface area contributed by atoms with Gasteiger partial charge in [0.05, 0.1) is 11.2 Å². The fraction of sp³-hybridized carbons (Fsp3) is 0.0732. The van der Waals surface area contributed by atoms with Crippen LogP contribution in [0.15, 0.2) is 328 Å². The minimum atomic E-state index is -0.346. The van der Waals surface area contributed by atoms with E-state index >= 15 is 0 Å². The summed E-state index contributed by atoms with van der Waals surface area (Å²) in [5.74, 6) is 0. The summed E-state index contributed by atoms with van der Waals surface area (Å²) in [5.41, 5.74) is 15.3. The Morgan fingerprint density at radius 1 is 0.227 bits per heavy atom. The summed E-state index contributed by atoms with van der Waals surface area (Å²) >= 11 is 0. The zero-order valence-corrected chi connectivity index (χ0v) is 49.9. The number of rotatable bonds is 12. The number of benzene rings is 14. The third-order valence-corrected chi connectivity index (χ3v) is 17.5. The third-order valence-electron chi connectivity index (χ3n) is 17.5. The van der Waals surface area contributed by atoms with Gasteiger partial charge in [-0.25, -0.2) is 0 Å². The molecule has 1 aliphatic rings. The van der Waals surface area contributed by atoms with E-state index in [0.29, 0.717) is 0 Å². The Balaban J connectivity index is 0.000000203. The molecular formula is C82H66BN3O2. The van der Waals surface area contributed by atoms with Crippen LogP contribution in [-0.4, -0.2) is 18.3 Å². The number of nitrogens with zero attached hydrogens (tertiary/aromatic N) is 3. The number of anilines is 9. The van der Waals surface area contributed by atoms with Gasteiger partial charge in [-0.15, -0.1) is 0 Å². The minimum Gasteiger partial charge on any atom is -0.399 e. The highest BCUT2D eigenvalue weighted by Crippen LogP contribution is 2.51. The lowest BCUT2D eigenvalue weighted by Crippen LogP contribution is -2.41. The Morgan fingerprint density at radius 3 is 0.716 bits per heavy atom. The first-order chi connectivity index (χ1) is 43.2. The van der Waals surface area contributed by atoms with Gasteiger partial charge in [-0.2, -0.15) is 0 Å². The van der Waals surface area contributed by atoms with Gasteiger partial charge in [0.15, 0.2) is 0 Å². The Morgan fingerprint density at radius 2 is 0.443 bits per heavy atom. The lowest BCUT2D eigenvalue weighted by Gasteiger charge is -2.32. The van der Waals surface area contributed by atoms with Gasteiger partial charge in [0.2, 0.25) is 0 Å².